The number of aromatic nitrogens is 2. The molecule has 1 amide bonds. The Labute approximate surface area is 195 Å². The summed E-state index contributed by atoms with van der Waals surface area (Å²) in [5, 5.41) is 13.8. The van der Waals surface area contributed by atoms with Gasteiger partial charge in [0.1, 0.15) is 5.82 Å². The van der Waals surface area contributed by atoms with Gasteiger partial charge < -0.3 is 10.3 Å². The van der Waals surface area contributed by atoms with E-state index in [2.05, 4.69) is 20.0 Å². The lowest BCUT2D eigenvalue weighted by molar-refractivity contribution is -0.385. The highest BCUT2D eigenvalue weighted by Crippen LogP contribution is 2.23. The Hall–Kier alpha value is -4.25. The number of carbonyl (C=O) groups excluding carboxylic acids is 1. The summed E-state index contributed by atoms with van der Waals surface area (Å²) in [6.45, 7) is 0.363. The summed E-state index contributed by atoms with van der Waals surface area (Å²) in [5.74, 6) is 0.377. The van der Waals surface area contributed by atoms with Crippen LogP contribution in [0.4, 0.5) is 11.4 Å². The largest absolute Gasteiger partial charge is 0.352 e. The molecule has 0 fully saturated rings. The van der Waals surface area contributed by atoms with Crippen LogP contribution in [0.3, 0.4) is 0 Å². The minimum absolute atomic E-state index is 0.0730. The van der Waals surface area contributed by atoms with Crippen molar-refractivity contribution in [2.24, 2.45) is 0 Å². The number of aryl methyl sites for hydroxylation is 1. The van der Waals surface area contributed by atoms with E-state index in [0.29, 0.717) is 19.4 Å². The molecule has 1 heterocycles. The Morgan fingerprint density at radius 2 is 1.79 bits per heavy atom. The SMILES string of the molecule is O=C(NCCCc1nc2ccccc2[nH]1)c1ccccc1NS(=O)(=O)c1cccc([N+](=O)[O-])c1. The third-order valence-corrected chi connectivity index (χ3v) is 6.43. The molecule has 0 radical (unpaired) electrons. The number of anilines is 1. The van der Waals surface area contributed by atoms with Crippen LogP contribution in [0.1, 0.15) is 22.6 Å². The number of H-pyrrole nitrogens is 1. The van der Waals surface area contributed by atoms with Gasteiger partial charge >= 0.3 is 0 Å². The molecular weight excluding hydrogens is 458 g/mol. The number of para-hydroxylation sites is 3. The molecule has 4 rings (SSSR count). The van der Waals surface area contributed by atoms with Crippen LogP contribution in [0.5, 0.6) is 0 Å². The number of rotatable bonds is 9. The molecule has 0 bridgehead atoms. The van der Waals surface area contributed by atoms with E-state index in [-0.39, 0.29) is 21.8 Å². The Balaban J connectivity index is 1.40. The summed E-state index contributed by atoms with van der Waals surface area (Å²) in [6.07, 6.45) is 1.27. The van der Waals surface area contributed by atoms with Gasteiger partial charge in [0.15, 0.2) is 0 Å². The molecule has 0 unspecified atom stereocenters. The van der Waals surface area contributed by atoms with E-state index in [4.69, 9.17) is 0 Å². The van der Waals surface area contributed by atoms with Crippen molar-refractivity contribution >= 4 is 38.3 Å². The molecule has 3 N–H and O–H groups in total. The summed E-state index contributed by atoms with van der Waals surface area (Å²) < 4.78 is 27.9. The summed E-state index contributed by atoms with van der Waals surface area (Å²) >= 11 is 0. The fourth-order valence-corrected chi connectivity index (χ4v) is 4.53. The van der Waals surface area contributed by atoms with E-state index in [1.807, 2.05) is 24.3 Å². The Morgan fingerprint density at radius 1 is 1.03 bits per heavy atom. The average Bonchev–Trinajstić information content (AvgIpc) is 3.25. The predicted molar refractivity (Wildman–Crippen MR) is 127 cm³/mol. The van der Waals surface area contributed by atoms with Gasteiger partial charge in [-0.25, -0.2) is 13.4 Å². The number of non-ortho nitro benzene ring substituents is 1. The molecule has 3 aromatic carbocycles. The molecule has 11 heteroatoms. The number of nitrogens with one attached hydrogen (secondary N) is 3. The van der Waals surface area contributed by atoms with E-state index in [0.717, 1.165) is 22.9 Å². The topological polar surface area (TPSA) is 147 Å². The van der Waals surface area contributed by atoms with Crippen molar-refractivity contribution in [2.45, 2.75) is 17.7 Å². The van der Waals surface area contributed by atoms with E-state index in [9.17, 15) is 23.3 Å². The number of hydrogen-bond acceptors (Lipinski definition) is 6. The molecule has 0 spiro atoms. The van der Waals surface area contributed by atoms with Crippen LogP contribution in [0.25, 0.3) is 11.0 Å². The molecule has 4 aromatic rings. The lowest BCUT2D eigenvalue weighted by Crippen LogP contribution is -2.26. The van der Waals surface area contributed by atoms with Gasteiger partial charge in [-0.05, 0) is 36.8 Å². The van der Waals surface area contributed by atoms with Crippen molar-refractivity contribution in [1.82, 2.24) is 15.3 Å². The highest BCUT2D eigenvalue weighted by molar-refractivity contribution is 7.92. The van der Waals surface area contributed by atoms with Gasteiger partial charge in [-0.1, -0.05) is 30.3 Å². The van der Waals surface area contributed by atoms with Gasteiger partial charge in [-0.15, -0.1) is 0 Å². The van der Waals surface area contributed by atoms with Gasteiger partial charge in [0.2, 0.25) is 0 Å². The Bertz CT molecular complexity index is 1430. The highest BCUT2D eigenvalue weighted by atomic mass is 32.2. The zero-order valence-corrected chi connectivity index (χ0v) is 18.7. The summed E-state index contributed by atoms with van der Waals surface area (Å²) in [7, 11) is -4.15. The predicted octanol–water partition coefficient (Wildman–Crippen LogP) is 3.63. The molecular formula is C23H21N5O5S. The molecule has 0 saturated carbocycles. The van der Waals surface area contributed by atoms with Gasteiger partial charge in [0, 0.05) is 25.1 Å². The minimum atomic E-state index is -4.15. The monoisotopic (exact) mass is 479 g/mol. The number of nitro benzene ring substituents is 1. The molecule has 0 aliphatic heterocycles. The fraction of sp³-hybridized carbons (Fsp3) is 0.130. The molecule has 0 saturated heterocycles. The van der Waals surface area contributed by atoms with Crippen LogP contribution in [-0.2, 0) is 16.4 Å². The number of fused-ring (bicyclic) bond motifs is 1. The summed E-state index contributed by atoms with van der Waals surface area (Å²) in [6, 6.07) is 18.6. The highest BCUT2D eigenvalue weighted by Gasteiger charge is 2.20. The van der Waals surface area contributed by atoms with E-state index in [1.165, 1.54) is 30.3 Å². The van der Waals surface area contributed by atoms with Crippen molar-refractivity contribution in [1.29, 1.82) is 0 Å². The maximum atomic E-state index is 12.8. The first-order valence-electron chi connectivity index (χ1n) is 10.4. The summed E-state index contributed by atoms with van der Waals surface area (Å²) in [4.78, 5) is 30.5. The lowest BCUT2D eigenvalue weighted by Gasteiger charge is -2.13. The van der Waals surface area contributed by atoms with Gasteiger partial charge in [0.05, 0.1) is 32.1 Å². The van der Waals surface area contributed by atoms with Gasteiger partial charge in [0.25, 0.3) is 21.6 Å². The Kier molecular flexibility index (Phi) is 6.55. The Morgan fingerprint density at radius 3 is 2.59 bits per heavy atom. The number of nitro groups is 1. The van der Waals surface area contributed by atoms with Gasteiger partial charge in [-0.2, -0.15) is 0 Å². The molecule has 0 aliphatic rings. The number of aromatic amines is 1. The number of imidazole rings is 1. The van der Waals surface area contributed by atoms with E-state index >= 15 is 0 Å². The van der Waals surface area contributed by atoms with Crippen molar-refractivity contribution < 1.29 is 18.1 Å². The number of benzene rings is 3. The molecule has 174 valence electrons. The third kappa shape index (κ3) is 5.21. The number of sulfonamides is 1. The lowest BCUT2D eigenvalue weighted by atomic mass is 10.1. The minimum Gasteiger partial charge on any atom is -0.352 e. The maximum absolute atomic E-state index is 12.8. The van der Waals surface area contributed by atoms with E-state index in [1.54, 1.807) is 12.1 Å². The van der Waals surface area contributed by atoms with Crippen LogP contribution < -0.4 is 10.0 Å². The molecule has 10 nitrogen and oxygen atoms in total. The first-order valence-corrected chi connectivity index (χ1v) is 11.9. The van der Waals surface area contributed by atoms with E-state index < -0.39 is 20.9 Å². The number of nitrogens with zero attached hydrogens (tertiary/aromatic N) is 2. The molecule has 0 aliphatic carbocycles. The zero-order valence-electron chi connectivity index (χ0n) is 17.9. The number of hydrogen-bond donors (Lipinski definition) is 3. The second kappa shape index (κ2) is 9.71. The van der Waals surface area contributed by atoms with Crippen LogP contribution in [0.2, 0.25) is 0 Å². The van der Waals surface area contributed by atoms with Crippen molar-refractivity contribution in [3.8, 4) is 0 Å². The smallest absolute Gasteiger partial charge is 0.270 e. The van der Waals surface area contributed by atoms with Crippen LogP contribution >= 0.6 is 0 Å². The zero-order chi connectivity index (χ0) is 24.1. The molecule has 34 heavy (non-hydrogen) atoms. The number of carbonyl (C=O) groups is 1. The van der Waals surface area contributed by atoms with Crippen LogP contribution in [-0.4, -0.2) is 35.8 Å². The van der Waals surface area contributed by atoms with Crippen molar-refractivity contribution in [2.75, 3.05) is 11.3 Å². The van der Waals surface area contributed by atoms with Crippen molar-refractivity contribution in [3.05, 3.63) is 94.3 Å². The second-order valence-corrected chi connectivity index (χ2v) is 9.15. The normalized spacial score (nSPS) is 11.3. The maximum Gasteiger partial charge on any atom is 0.270 e. The molecule has 0 atom stereocenters. The third-order valence-electron chi connectivity index (χ3n) is 5.07. The second-order valence-electron chi connectivity index (χ2n) is 7.47. The average molecular weight is 480 g/mol. The van der Waals surface area contributed by atoms with Crippen LogP contribution in [0, 0.1) is 10.1 Å². The van der Waals surface area contributed by atoms with Gasteiger partial charge in [-0.3, -0.25) is 19.6 Å². The van der Waals surface area contributed by atoms with Crippen molar-refractivity contribution in [3.63, 3.8) is 0 Å². The quantitative estimate of drug-likeness (QED) is 0.190. The summed E-state index contributed by atoms with van der Waals surface area (Å²) in [5.41, 5.74) is 1.69. The standard InChI is InChI=1S/C23H21N5O5S/c29-23(24-14-6-13-22-25-20-11-3-4-12-21(20)26-22)18-9-1-2-10-19(18)27-34(32,33)17-8-5-7-16(15-17)28(30)31/h1-5,7-12,15,27H,6,13-14H2,(H,24,29)(H,25,26). The molecule has 1 aromatic heterocycles. The first kappa shape index (κ1) is 22.9. The first-order chi connectivity index (χ1) is 16.3. The number of amides is 1. The fourth-order valence-electron chi connectivity index (χ4n) is 3.42. The van der Waals surface area contributed by atoms with Crippen LogP contribution in [0.15, 0.2) is 77.7 Å².